The fraction of sp³-hybridized carbons (Fsp3) is 0.182. The van der Waals surface area contributed by atoms with Crippen molar-refractivity contribution in [1.82, 2.24) is 4.48 Å². The molecule has 0 spiro atoms. The van der Waals surface area contributed by atoms with Gasteiger partial charge < -0.3 is 13.8 Å². The zero-order valence-electron chi connectivity index (χ0n) is 28.3. The third kappa shape index (κ3) is 3.50. The van der Waals surface area contributed by atoms with Crippen molar-refractivity contribution >= 4 is 78.6 Å². The molecule has 0 amide bonds. The molecular formula is C44H37BN2O. The molecule has 10 rings (SSSR count). The third-order valence-electron chi connectivity index (χ3n) is 10.8. The number of nitrogens with zero attached hydrogens (tertiary/aromatic N) is 2. The Bertz CT molecular complexity index is 2660. The number of hydrogen-bond acceptors (Lipinski definition) is 2. The van der Waals surface area contributed by atoms with Crippen LogP contribution in [0.3, 0.4) is 0 Å². The number of furan rings is 1. The van der Waals surface area contributed by atoms with Gasteiger partial charge in [0.2, 0.25) is 0 Å². The molecule has 232 valence electrons. The predicted octanol–water partition coefficient (Wildman–Crippen LogP) is 10.7. The van der Waals surface area contributed by atoms with Gasteiger partial charge in [0.1, 0.15) is 11.2 Å². The largest absolute Gasteiger partial charge is 0.455 e. The summed E-state index contributed by atoms with van der Waals surface area (Å²) in [5.74, 6) is 0. The molecule has 2 aliphatic rings. The molecule has 0 unspecified atom stereocenters. The topological polar surface area (TPSA) is 21.3 Å². The number of fused-ring (bicyclic) bond motifs is 11. The van der Waals surface area contributed by atoms with E-state index in [1.54, 1.807) is 0 Å². The SMILES string of the molecule is CC(C)(C)c1ccccc1N1c2cccc(C(C)(C)C)c2B2c3c1cc1c(oc4ccccc41)c3-c1cccc3c4ccccc4n2c13. The van der Waals surface area contributed by atoms with Gasteiger partial charge >= 0.3 is 6.85 Å². The molecule has 4 heterocycles. The molecule has 0 N–H and O–H groups in total. The predicted molar refractivity (Wildman–Crippen MR) is 205 cm³/mol. The van der Waals surface area contributed by atoms with Gasteiger partial charge in [-0.3, -0.25) is 0 Å². The normalized spacial score (nSPS) is 14.0. The maximum atomic E-state index is 6.92. The number of aromatic nitrogens is 1. The lowest BCUT2D eigenvalue weighted by Crippen LogP contribution is -2.58. The van der Waals surface area contributed by atoms with Crippen LogP contribution in [0.4, 0.5) is 17.1 Å². The summed E-state index contributed by atoms with van der Waals surface area (Å²) in [5, 5.41) is 4.89. The molecule has 4 heteroatoms. The molecule has 2 aromatic heterocycles. The quantitative estimate of drug-likeness (QED) is 0.170. The van der Waals surface area contributed by atoms with Crippen LogP contribution in [-0.2, 0) is 10.8 Å². The Kier molecular flexibility index (Phi) is 5.36. The van der Waals surface area contributed by atoms with Crippen LogP contribution in [0.1, 0.15) is 52.7 Å². The van der Waals surface area contributed by atoms with Crippen molar-refractivity contribution in [2.24, 2.45) is 0 Å². The average Bonchev–Trinajstić information content (AvgIpc) is 3.61. The lowest BCUT2D eigenvalue weighted by atomic mass is 9.43. The fourth-order valence-corrected chi connectivity index (χ4v) is 8.89. The summed E-state index contributed by atoms with van der Waals surface area (Å²) in [6.07, 6.45) is 0. The van der Waals surface area contributed by atoms with Gasteiger partial charge in [-0.2, -0.15) is 0 Å². The minimum atomic E-state index is -0.0826. The average molecular weight is 621 g/mol. The summed E-state index contributed by atoms with van der Waals surface area (Å²) in [6.45, 7) is 14.0. The van der Waals surface area contributed by atoms with E-state index < -0.39 is 0 Å². The van der Waals surface area contributed by atoms with Crippen LogP contribution in [-0.4, -0.2) is 11.3 Å². The Labute approximate surface area is 281 Å². The summed E-state index contributed by atoms with van der Waals surface area (Å²) in [7, 11) is 0. The van der Waals surface area contributed by atoms with E-state index in [1.165, 1.54) is 72.0 Å². The first-order valence-corrected chi connectivity index (χ1v) is 17.2. The molecule has 0 radical (unpaired) electrons. The minimum Gasteiger partial charge on any atom is -0.455 e. The number of para-hydroxylation sites is 4. The number of hydrogen-bond donors (Lipinski definition) is 0. The zero-order valence-corrected chi connectivity index (χ0v) is 28.3. The number of anilines is 3. The molecule has 0 fully saturated rings. The summed E-state index contributed by atoms with van der Waals surface area (Å²) in [6, 6.07) is 42.7. The van der Waals surface area contributed by atoms with Crippen LogP contribution in [0.25, 0.3) is 54.9 Å². The van der Waals surface area contributed by atoms with E-state index in [0.717, 1.165) is 21.9 Å². The third-order valence-corrected chi connectivity index (χ3v) is 10.8. The van der Waals surface area contributed by atoms with Crippen LogP contribution in [0.2, 0.25) is 0 Å². The summed E-state index contributed by atoms with van der Waals surface area (Å²) in [4.78, 5) is 2.58. The van der Waals surface area contributed by atoms with E-state index in [1.807, 2.05) is 0 Å². The molecule has 8 aromatic rings. The second kappa shape index (κ2) is 9.23. The van der Waals surface area contributed by atoms with E-state index >= 15 is 0 Å². The van der Waals surface area contributed by atoms with Crippen LogP contribution in [0, 0.1) is 0 Å². The summed E-state index contributed by atoms with van der Waals surface area (Å²) >= 11 is 0. The molecular weight excluding hydrogens is 583 g/mol. The lowest BCUT2D eigenvalue weighted by molar-refractivity contribution is 0.590. The van der Waals surface area contributed by atoms with Gasteiger partial charge in [-0.25, -0.2) is 0 Å². The fourth-order valence-electron chi connectivity index (χ4n) is 8.89. The lowest BCUT2D eigenvalue weighted by Gasteiger charge is -2.43. The van der Waals surface area contributed by atoms with E-state index in [-0.39, 0.29) is 17.7 Å². The number of benzene rings is 6. The summed E-state index contributed by atoms with van der Waals surface area (Å²) < 4.78 is 9.57. The minimum absolute atomic E-state index is 0.0339. The molecule has 0 aliphatic carbocycles. The highest BCUT2D eigenvalue weighted by Gasteiger charge is 2.46. The Morgan fingerprint density at radius 2 is 1.19 bits per heavy atom. The van der Waals surface area contributed by atoms with Gasteiger partial charge in [0.05, 0.1) is 0 Å². The van der Waals surface area contributed by atoms with E-state index in [0.29, 0.717) is 0 Å². The zero-order chi connectivity index (χ0) is 32.7. The van der Waals surface area contributed by atoms with Gasteiger partial charge in [-0.05, 0) is 63.2 Å². The molecule has 0 bridgehead atoms. The highest BCUT2D eigenvalue weighted by molar-refractivity contribution is 6.90. The van der Waals surface area contributed by atoms with Crippen molar-refractivity contribution in [3.8, 4) is 11.1 Å². The maximum Gasteiger partial charge on any atom is 0.333 e. The Balaban J connectivity index is 1.48. The van der Waals surface area contributed by atoms with Crippen LogP contribution >= 0.6 is 0 Å². The van der Waals surface area contributed by atoms with Gasteiger partial charge in [0, 0.05) is 60.8 Å². The Morgan fingerprint density at radius 3 is 2.00 bits per heavy atom. The Hall–Kier alpha value is -5.22. The first-order valence-electron chi connectivity index (χ1n) is 17.2. The van der Waals surface area contributed by atoms with Crippen molar-refractivity contribution in [3.05, 3.63) is 126 Å². The molecule has 2 aliphatic heterocycles. The monoisotopic (exact) mass is 620 g/mol. The first kappa shape index (κ1) is 27.9. The van der Waals surface area contributed by atoms with Gasteiger partial charge in [-0.15, -0.1) is 0 Å². The highest BCUT2D eigenvalue weighted by atomic mass is 16.3. The van der Waals surface area contributed by atoms with Gasteiger partial charge in [0.25, 0.3) is 0 Å². The van der Waals surface area contributed by atoms with E-state index in [4.69, 9.17) is 4.42 Å². The molecule has 0 saturated carbocycles. The van der Waals surface area contributed by atoms with Crippen molar-refractivity contribution in [1.29, 1.82) is 0 Å². The Morgan fingerprint density at radius 1 is 0.542 bits per heavy atom. The van der Waals surface area contributed by atoms with Crippen molar-refractivity contribution in [2.45, 2.75) is 52.4 Å². The van der Waals surface area contributed by atoms with Crippen LogP contribution < -0.4 is 15.8 Å². The maximum absolute atomic E-state index is 6.92. The molecule has 48 heavy (non-hydrogen) atoms. The molecule has 3 nitrogen and oxygen atoms in total. The summed E-state index contributed by atoms with van der Waals surface area (Å²) in [5.41, 5.74) is 15.9. The smallest absolute Gasteiger partial charge is 0.333 e. The van der Waals surface area contributed by atoms with Crippen molar-refractivity contribution < 1.29 is 4.42 Å². The van der Waals surface area contributed by atoms with Gasteiger partial charge in [-0.1, -0.05) is 126 Å². The van der Waals surface area contributed by atoms with Crippen molar-refractivity contribution in [3.63, 3.8) is 0 Å². The molecule has 0 atom stereocenters. The highest BCUT2D eigenvalue weighted by Crippen LogP contribution is 2.50. The second-order valence-electron chi connectivity index (χ2n) is 15.7. The van der Waals surface area contributed by atoms with Crippen molar-refractivity contribution in [2.75, 3.05) is 4.90 Å². The second-order valence-corrected chi connectivity index (χ2v) is 15.7. The molecule has 0 saturated heterocycles. The number of rotatable bonds is 1. The van der Waals surface area contributed by atoms with E-state index in [2.05, 4.69) is 166 Å². The standard InChI is InChI=1S/C44H37BN2O/c1-43(2,3)31-19-9-11-22-34(31)46-35-23-14-20-32(44(4,5)6)39(35)45-40-36(46)25-30-27-16-8-12-24-37(27)48-42(30)38(40)29-18-13-17-28-26-15-7-10-21-33(26)47(45)41(28)29/h7-25H,1-6H3. The first-order chi connectivity index (χ1) is 23.1. The van der Waals surface area contributed by atoms with Crippen LogP contribution in [0.15, 0.2) is 120 Å². The molecule has 6 aromatic carbocycles. The van der Waals surface area contributed by atoms with Crippen LogP contribution in [0.5, 0.6) is 0 Å². The van der Waals surface area contributed by atoms with E-state index in [9.17, 15) is 0 Å². The van der Waals surface area contributed by atoms with Gasteiger partial charge in [0.15, 0.2) is 0 Å².